The number of hydrogen-bond acceptors (Lipinski definition) is 4. The molecule has 2 aliphatic rings. The summed E-state index contributed by atoms with van der Waals surface area (Å²) in [5.74, 6) is 0.746. The van der Waals surface area contributed by atoms with Crippen LogP contribution in [0.25, 0.3) is 44.9 Å². The van der Waals surface area contributed by atoms with Crippen molar-refractivity contribution in [3.63, 3.8) is 0 Å². The first-order chi connectivity index (χ1) is 22.6. The van der Waals surface area contributed by atoms with E-state index in [-0.39, 0.29) is 0 Å². The third-order valence-electron chi connectivity index (χ3n) is 9.47. The molecule has 9 rings (SSSR count). The molecule has 5 aromatic carbocycles. The van der Waals surface area contributed by atoms with Crippen molar-refractivity contribution in [3.8, 4) is 44.9 Å². The van der Waals surface area contributed by atoms with Gasteiger partial charge in [-0.2, -0.15) is 0 Å². The van der Waals surface area contributed by atoms with Crippen molar-refractivity contribution >= 4 is 11.8 Å². The predicted octanol–water partition coefficient (Wildman–Crippen LogP) is 10.3. The molecule has 46 heavy (non-hydrogen) atoms. The molecule has 3 nitrogen and oxygen atoms in total. The number of benzene rings is 5. The van der Waals surface area contributed by atoms with Gasteiger partial charge in [0.15, 0.2) is 5.82 Å². The second-order valence-electron chi connectivity index (χ2n) is 12.1. The lowest BCUT2D eigenvalue weighted by Crippen LogP contribution is -2.32. The van der Waals surface area contributed by atoms with Crippen LogP contribution in [-0.4, -0.2) is 15.0 Å². The normalized spacial score (nSPS) is 13.5. The minimum absolute atomic E-state index is 0.491. The third-order valence-corrected chi connectivity index (χ3v) is 10.6. The van der Waals surface area contributed by atoms with Gasteiger partial charge in [-0.15, -0.1) is 0 Å². The predicted molar refractivity (Wildman–Crippen MR) is 187 cm³/mol. The van der Waals surface area contributed by atoms with Gasteiger partial charge >= 0.3 is 0 Å². The maximum atomic E-state index is 5.11. The van der Waals surface area contributed by atoms with Gasteiger partial charge in [0.2, 0.25) is 0 Å². The Bertz CT molecular complexity index is 2280. The molecule has 0 amide bonds. The van der Waals surface area contributed by atoms with Crippen LogP contribution in [0.15, 0.2) is 150 Å². The number of aryl methyl sites for hydroxylation is 2. The van der Waals surface area contributed by atoms with E-state index in [1.807, 2.05) is 42.4 Å². The number of rotatable bonds is 3. The highest BCUT2D eigenvalue weighted by Crippen LogP contribution is 2.62. The van der Waals surface area contributed by atoms with Crippen LogP contribution in [0.5, 0.6) is 0 Å². The number of hydrogen-bond donors (Lipinski definition) is 0. The maximum Gasteiger partial charge on any atom is 0.160 e. The number of fused-ring (bicyclic) bond motifs is 9. The van der Waals surface area contributed by atoms with Gasteiger partial charge < -0.3 is 0 Å². The molecule has 218 valence electrons. The third kappa shape index (κ3) is 3.97. The highest BCUT2D eigenvalue weighted by molar-refractivity contribution is 7.99. The summed E-state index contributed by atoms with van der Waals surface area (Å²) < 4.78 is 0. The molecule has 0 saturated carbocycles. The average molecular weight is 608 g/mol. The summed E-state index contributed by atoms with van der Waals surface area (Å²) in [7, 11) is 0. The molecule has 0 saturated heterocycles. The Hall–Kier alpha value is -5.32. The molecule has 0 atom stereocenters. The molecule has 0 fully saturated rings. The van der Waals surface area contributed by atoms with Crippen LogP contribution in [0.4, 0.5) is 0 Å². The molecule has 0 radical (unpaired) electrons. The first-order valence-electron chi connectivity index (χ1n) is 15.6. The molecular formula is C42H29N3S. The lowest BCUT2D eigenvalue weighted by molar-refractivity contribution is 0.723. The van der Waals surface area contributed by atoms with Crippen molar-refractivity contribution in [2.45, 2.75) is 29.1 Å². The van der Waals surface area contributed by atoms with E-state index in [0.717, 1.165) is 33.9 Å². The Labute approximate surface area is 273 Å². The molecule has 2 aromatic heterocycles. The summed E-state index contributed by atoms with van der Waals surface area (Å²) in [5, 5.41) is 0. The highest BCUT2D eigenvalue weighted by atomic mass is 32.2. The highest BCUT2D eigenvalue weighted by Gasteiger charge is 2.50. The summed E-state index contributed by atoms with van der Waals surface area (Å²) in [5.41, 5.74) is 14.8. The van der Waals surface area contributed by atoms with Gasteiger partial charge in [0.1, 0.15) is 0 Å². The lowest BCUT2D eigenvalue weighted by atomic mass is 9.67. The van der Waals surface area contributed by atoms with E-state index in [9.17, 15) is 0 Å². The van der Waals surface area contributed by atoms with Crippen molar-refractivity contribution < 1.29 is 0 Å². The van der Waals surface area contributed by atoms with Crippen molar-refractivity contribution in [2.24, 2.45) is 0 Å². The molecule has 7 aromatic rings. The van der Waals surface area contributed by atoms with Crippen molar-refractivity contribution in [3.05, 3.63) is 173 Å². The molecule has 1 spiro atoms. The molecule has 0 unspecified atom stereocenters. The van der Waals surface area contributed by atoms with Gasteiger partial charge in [0.25, 0.3) is 0 Å². The quantitative estimate of drug-likeness (QED) is 0.200. The fourth-order valence-corrected chi connectivity index (χ4v) is 8.62. The van der Waals surface area contributed by atoms with E-state index < -0.39 is 5.41 Å². The SMILES string of the molecule is Cc1cc(-c2ccc3c(c2)C2(c4ccccc4Sc4ccccc42)c2cc(-c4cnccc4C)ccc2-3)nc(-c2ccccc2)n1. The van der Waals surface area contributed by atoms with Crippen LogP contribution in [0, 0.1) is 13.8 Å². The van der Waals surface area contributed by atoms with Gasteiger partial charge in [-0.05, 0) is 94.8 Å². The summed E-state index contributed by atoms with van der Waals surface area (Å²) >= 11 is 1.87. The van der Waals surface area contributed by atoms with Crippen LogP contribution < -0.4 is 0 Å². The Balaban J connectivity index is 1.35. The van der Waals surface area contributed by atoms with Crippen molar-refractivity contribution in [2.75, 3.05) is 0 Å². The van der Waals surface area contributed by atoms with Crippen LogP contribution in [-0.2, 0) is 5.41 Å². The molecule has 0 bridgehead atoms. The van der Waals surface area contributed by atoms with Gasteiger partial charge in [0.05, 0.1) is 11.1 Å². The van der Waals surface area contributed by atoms with Gasteiger partial charge in [0, 0.05) is 44.6 Å². The smallest absolute Gasteiger partial charge is 0.160 e. The Morgan fingerprint density at radius 2 is 1.15 bits per heavy atom. The summed E-state index contributed by atoms with van der Waals surface area (Å²) in [6, 6.07) is 46.2. The van der Waals surface area contributed by atoms with Gasteiger partial charge in [-0.25, -0.2) is 9.97 Å². The molecule has 1 aliphatic carbocycles. The van der Waals surface area contributed by atoms with Gasteiger partial charge in [-0.3, -0.25) is 4.98 Å². The average Bonchev–Trinajstić information content (AvgIpc) is 3.38. The van der Waals surface area contributed by atoms with Crippen LogP contribution in [0.3, 0.4) is 0 Å². The van der Waals surface area contributed by atoms with Gasteiger partial charge in [-0.1, -0.05) is 103 Å². The number of aromatic nitrogens is 3. The van der Waals surface area contributed by atoms with Crippen molar-refractivity contribution in [1.29, 1.82) is 0 Å². The largest absolute Gasteiger partial charge is 0.264 e. The summed E-state index contributed by atoms with van der Waals surface area (Å²) in [6.45, 7) is 4.21. The topological polar surface area (TPSA) is 38.7 Å². The van der Waals surface area contributed by atoms with Crippen LogP contribution in [0.1, 0.15) is 33.5 Å². The van der Waals surface area contributed by atoms with E-state index in [1.54, 1.807) is 0 Å². The molecule has 4 heteroatoms. The molecular weight excluding hydrogens is 579 g/mol. The molecule has 3 heterocycles. The summed E-state index contributed by atoms with van der Waals surface area (Å²) in [6.07, 6.45) is 3.86. The fraction of sp³-hybridized carbons (Fsp3) is 0.0714. The van der Waals surface area contributed by atoms with E-state index >= 15 is 0 Å². The van der Waals surface area contributed by atoms with E-state index in [2.05, 4.69) is 128 Å². The first-order valence-corrected chi connectivity index (χ1v) is 16.4. The number of nitrogens with zero attached hydrogens (tertiary/aromatic N) is 3. The monoisotopic (exact) mass is 607 g/mol. The lowest BCUT2D eigenvalue weighted by Gasteiger charge is -2.40. The van der Waals surface area contributed by atoms with E-state index in [1.165, 1.54) is 54.3 Å². The first kappa shape index (κ1) is 27.0. The molecule has 1 aliphatic heterocycles. The second kappa shape index (κ2) is 10.4. The minimum Gasteiger partial charge on any atom is -0.264 e. The Morgan fingerprint density at radius 3 is 1.85 bits per heavy atom. The fourth-order valence-electron chi connectivity index (χ4n) is 7.42. The standard InChI is InChI=1S/C42H29N3S/c1-26-20-21-43-25-33(26)29-16-18-31-32-19-17-30(38-22-27(2)44-41(45-38)28-10-4-3-5-11-28)24-37(32)42(36(31)23-29)34-12-6-8-14-39(34)46-40-15-9-7-13-35(40)42/h3-25H,1-2H3. The summed E-state index contributed by atoms with van der Waals surface area (Å²) in [4.78, 5) is 17.0. The second-order valence-corrected chi connectivity index (χ2v) is 13.2. The van der Waals surface area contributed by atoms with E-state index in [4.69, 9.17) is 9.97 Å². The molecule has 0 N–H and O–H groups in total. The number of pyridine rings is 1. The minimum atomic E-state index is -0.491. The Morgan fingerprint density at radius 1 is 0.522 bits per heavy atom. The Kier molecular flexibility index (Phi) is 6.09. The van der Waals surface area contributed by atoms with Crippen molar-refractivity contribution in [1.82, 2.24) is 15.0 Å². The zero-order chi connectivity index (χ0) is 30.8. The zero-order valence-corrected chi connectivity index (χ0v) is 26.3. The zero-order valence-electron chi connectivity index (χ0n) is 25.5. The van der Waals surface area contributed by atoms with Crippen LogP contribution >= 0.6 is 11.8 Å². The van der Waals surface area contributed by atoms with E-state index in [0.29, 0.717) is 0 Å². The van der Waals surface area contributed by atoms with Crippen LogP contribution in [0.2, 0.25) is 0 Å². The maximum absolute atomic E-state index is 5.11.